The van der Waals surface area contributed by atoms with Crippen molar-refractivity contribution in [3.63, 3.8) is 0 Å². The largest absolute Gasteiger partial charge is 0.438 e. The van der Waals surface area contributed by atoms with Crippen molar-refractivity contribution in [3.8, 4) is 0 Å². The van der Waals surface area contributed by atoms with Crippen LogP contribution >= 0.6 is 0 Å². The predicted molar refractivity (Wildman–Crippen MR) is 84.0 cm³/mol. The zero-order chi connectivity index (χ0) is 18.9. The normalized spacial score (nSPS) is 28.5. The second-order valence-electron chi connectivity index (χ2n) is 6.68. The van der Waals surface area contributed by atoms with Crippen LogP contribution in [0.5, 0.6) is 0 Å². The molecule has 1 aliphatic carbocycles. The monoisotopic (exact) mass is 376 g/mol. The standard InChI is InChI=1S/C17H20F4N2O3/c1-10-7-16(10,11-2-3-14(18)13(6-11)17(19,20)21)26-15(24)23-8-12-9-25-5-4-22-12/h2-3,6,10,12,22H,4-5,7-9H2,1H3,(H,23,24)/t10?,12?,16-/m1/s1. The van der Waals surface area contributed by atoms with E-state index in [2.05, 4.69) is 10.6 Å². The molecule has 1 amide bonds. The van der Waals surface area contributed by atoms with E-state index < -0.39 is 29.3 Å². The summed E-state index contributed by atoms with van der Waals surface area (Å²) in [7, 11) is 0. The van der Waals surface area contributed by atoms with Crippen LogP contribution in [-0.2, 0) is 21.3 Å². The van der Waals surface area contributed by atoms with Crippen molar-refractivity contribution in [3.05, 3.63) is 35.1 Å². The molecule has 9 heteroatoms. The van der Waals surface area contributed by atoms with Gasteiger partial charge in [-0.05, 0) is 24.1 Å². The summed E-state index contributed by atoms with van der Waals surface area (Å²) in [4.78, 5) is 12.1. The van der Waals surface area contributed by atoms with Gasteiger partial charge in [-0.2, -0.15) is 13.2 Å². The maximum atomic E-state index is 13.5. The highest BCUT2D eigenvalue weighted by atomic mass is 19.4. The molecule has 1 aliphatic heterocycles. The van der Waals surface area contributed by atoms with E-state index in [-0.39, 0.29) is 24.1 Å². The van der Waals surface area contributed by atoms with Crippen LogP contribution < -0.4 is 10.6 Å². The number of hydrogen-bond donors (Lipinski definition) is 2. The van der Waals surface area contributed by atoms with E-state index in [1.54, 1.807) is 6.92 Å². The van der Waals surface area contributed by atoms with Gasteiger partial charge in [0.05, 0.1) is 18.8 Å². The zero-order valence-corrected chi connectivity index (χ0v) is 14.2. The molecule has 0 spiro atoms. The number of carbonyl (C=O) groups is 1. The topological polar surface area (TPSA) is 59.6 Å². The highest BCUT2D eigenvalue weighted by Crippen LogP contribution is 2.55. The fraction of sp³-hybridized carbons (Fsp3) is 0.588. The Kier molecular flexibility index (Phi) is 5.12. The summed E-state index contributed by atoms with van der Waals surface area (Å²) in [6, 6.07) is 2.67. The maximum absolute atomic E-state index is 13.5. The number of alkyl halides is 3. The molecule has 1 aromatic rings. The molecule has 1 saturated heterocycles. The van der Waals surface area contributed by atoms with E-state index in [4.69, 9.17) is 9.47 Å². The van der Waals surface area contributed by atoms with Crippen LogP contribution in [0.3, 0.4) is 0 Å². The molecule has 2 unspecified atom stereocenters. The van der Waals surface area contributed by atoms with Crippen LogP contribution in [0, 0.1) is 11.7 Å². The Morgan fingerprint density at radius 2 is 2.19 bits per heavy atom. The lowest BCUT2D eigenvalue weighted by Crippen LogP contribution is -2.48. The highest BCUT2D eigenvalue weighted by Gasteiger charge is 2.57. The first-order valence-corrected chi connectivity index (χ1v) is 8.37. The van der Waals surface area contributed by atoms with Crippen molar-refractivity contribution < 1.29 is 31.8 Å². The molecular formula is C17H20F4N2O3. The summed E-state index contributed by atoms with van der Waals surface area (Å²) in [6.07, 6.45) is -5.15. The number of rotatable bonds is 4. The second kappa shape index (κ2) is 7.03. The molecule has 144 valence electrons. The summed E-state index contributed by atoms with van der Waals surface area (Å²) in [5, 5.41) is 5.76. The van der Waals surface area contributed by atoms with Crippen molar-refractivity contribution >= 4 is 6.09 Å². The molecule has 2 fully saturated rings. The molecule has 1 aromatic carbocycles. The lowest BCUT2D eigenvalue weighted by atomic mass is 10.0. The molecule has 1 heterocycles. The van der Waals surface area contributed by atoms with E-state index >= 15 is 0 Å². The SMILES string of the molecule is CC1C[C@]1(OC(=O)NCC1COCCN1)c1ccc(F)c(C(F)(F)F)c1. The number of nitrogens with one attached hydrogen (secondary N) is 2. The lowest BCUT2D eigenvalue weighted by molar-refractivity contribution is -0.140. The van der Waals surface area contributed by atoms with Crippen LogP contribution in [0.15, 0.2) is 18.2 Å². The number of alkyl carbamates (subject to hydrolysis) is 1. The van der Waals surface area contributed by atoms with Crippen molar-refractivity contribution in [1.29, 1.82) is 0 Å². The van der Waals surface area contributed by atoms with Gasteiger partial charge < -0.3 is 20.1 Å². The van der Waals surface area contributed by atoms with Crippen LogP contribution in [-0.4, -0.2) is 38.4 Å². The van der Waals surface area contributed by atoms with E-state index in [1.165, 1.54) is 6.07 Å². The number of morpholine rings is 1. The molecule has 0 aromatic heterocycles. The average molecular weight is 376 g/mol. The number of hydrogen-bond acceptors (Lipinski definition) is 4. The van der Waals surface area contributed by atoms with Gasteiger partial charge in [-0.25, -0.2) is 9.18 Å². The van der Waals surface area contributed by atoms with E-state index in [1.807, 2.05) is 0 Å². The van der Waals surface area contributed by atoms with Gasteiger partial charge in [0.25, 0.3) is 0 Å². The summed E-state index contributed by atoms with van der Waals surface area (Å²) in [5.74, 6) is -1.51. The van der Waals surface area contributed by atoms with Crippen LogP contribution in [0.2, 0.25) is 0 Å². The van der Waals surface area contributed by atoms with Gasteiger partial charge in [-0.15, -0.1) is 0 Å². The Bertz CT molecular complexity index is 676. The van der Waals surface area contributed by atoms with Gasteiger partial charge in [0, 0.05) is 25.0 Å². The van der Waals surface area contributed by atoms with Crippen molar-refractivity contribution in [1.82, 2.24) is 10.6 Å². The maximum Gasteiger partial charge on any atom is 0.419 e. The molecule has 26 heavy (non-hydrogen) atoms. The molecule has 2 N–H and O–H groups in total. The van der Waals surface area contributed by atoms with Gasteiger partial charge in [-0.3, -0.25) is 0 Å². The van der Waals surface area contributed by atoms with Gasteiger partial charge in [0.2, 0.25) is 0 Å². The van der Waals surface area contributed by atoms with Gasteiger partial charge in [0.15, 0.2) is 0 Å². The molecule has 3 rings (SSSR count). The number of halogens is 4. The van der Waals surface area contributed by atoms with E-state index in [9.17, 15) is 22.4 Å². The first kappa shape index (κ1) is 18.9. The minimum Gasteiger partial charge on any atom is -0.438 e. The zero-order valence-electron chi connectivity index (χ0n) is 14.2. The molecule has 0 bridgehead atoms. The molecular weight excluding hydrogens is 356 g/mol. The second-order valence-corrected chi connectivity index (χ2v) is 6.68. The molecule has 0 radical (unpaired) electrons. The Balaban J connectivity index is 1.68. The minimum atomic E-state index is -4.81. The third kappa shape index (κ3) is 3.93. The first-order chi connectivity index (χ1) is 12.2. The molecule has 1 saturated carbocycles. The van der Waals surface area contributed by atoms with Gasteiger partial charge >= 0.3 is 12.3 Å². The number of ether oxygens (including phenoxy) is 2. The minimum absolute atomic E-state index is 0.0495. The van der Waals surface area contributed by atoms with Crippen LogP contribution in [0.1, 0.15) is 24.5 Å². The Morgan fingerprint density at radius 3 is 2.77 bits per heavy atom. The molecule has 3 atom stereocenters. The summed E-state index contributed by atoms with van der Waals surface area (Å²) < 4.78 is 63.0. The van der Waals surface area contributed by atoms with E-state index in [0.29, 0.717) is 26.2 Å². The quantitative estimate of drug-likeness (QED) is 0.794. The van der Waals surface area contributed by atoms with E-state index in [0.717, 1.165) is 12.1 Å². The van der Waals surface area contributed by atoms with Crippen molar-refractivity contribution in [2.45, 2.75) is 31.2 Å². The smallest absolute Gasteiger partial charge is 0.419 e. The third-order valence-corrected chi connectivity index (χ3v) is 4.77. The van der Waals surface area contributed by atoms with Crippen molar-refractivity contribution in [2.24, 2.45) is 5.92 Å². The summed E-state index contributed by atoms with van der Waals surface area (Å²) in [5.41, 5.74) is -2.37. The number of benzene rings is 1. The third-order valence-electron chi connectivity index (χ3n) is 4.77. The molecule has 2 aliphatic rings. The highest BCUT2D eigenvalue weighted by molar-refractivity contribution is 5.68. The lowest BCUT2D eigenvalue weighted by Gasteiger charge is -2.25. The Hall–Kier alpha value is -1.87. The fourth-order valence-corrected chi connectivity index (χ4v) is 3.16. The summed E-state index contributed by atoms with van der Waals surface area (Å²) >= 11 is 0. The average Bonchev–Trinajstić information content (AvgIpc) is 3.23. The first-order valence-electron chi connectivity index (χ1n) is 8.37. The Labute approximate surface area is 148 Å². The van der Waals surface area contributed by atoms with Gasteiger partial charge in [-0.1, -0.05) is 13.0 Å². The van der Waals surface area contributed by atoms with Gasteiger partial charge in [0.1, 0.15) is 11.4 Å². The number of carbonyl (C=O) groups excluding carboxylic acids is 1. The van der Waals surface area contributed by atoms with Crippen molar-refractivity contribution in [2.75, 3.05) is 26.3 Å². The Morgan fingerprint density at radius 1 is 1.46 bits per heavy atom. The number of amides is 1. The van der Waals surface area contributed by atoms with Crippen LogP contribution in [0.4, 0.5) is 22.4 Å². The molecule has 5 nitrogen and oxygen atoms in total. The summed E-state index contributed by atoms with van der Waals surface area (Å²) in [6.45, 7) is 3.78. The predicted octanol–water partition coefficient (Wildman–Crippen LogP) is 2.79. The fourth-order valence-electron chi connectivity index (χ4n) is 3.16. The van der Waals surface area contributed by atoms with Crippen LogP contribution in [0.25, 0.3) is 0 Å².